The van der Waals surface area contributed by atoms with Crippen LogP contribution in [0.5, 0.6) is 5.75 Å². The van der Waals surface area contributed by atoms with Gasteiger partial charge in [-0.2, -0.15) is 0 Å². The Morgan fingerprint density at radius 3 is 2.66 bits per heavy atom. The predicted molar refractivity (Wildman–Crippen MR) is 115 cm³/mol. The Kier molecular flexibility index (Phi) is 6.38. The normalized spacial score (nSPS) is 17.0. The Hall–Kier alpha value is -2.08. The highest BCUT2D eigenvalue weighted by molar-refractivity contribution is 6.30. The third kappa shape index (κ3) is 5.30. The molecular formula is C23H28ClN3O2. The number of amides is 1. The maximum Gasteiger partial charge on any atom is 0.236 e. The van der Waals surface area contributed by atoms with E-state index in [2.05, 4.69) is 28.0 Å². The molecule has 2 aliphatic rings. The van der Waals surface area contributed by atoms with Gasteiger partial charge in [0.25, 0.3) is 0 Å². The minimum atomic E-state index is 0.150. The highest BCUT2D eigenvalue weighted by Crippen LogP contribution is 2.26. The van der Waals surface area contributed by atoms with Gasteiger partial charge in [0.2, 0.25) is 5.91 Å². The molecule has 2 aromatic carbocycles. The number of hydrogen-bond acceptors (Lipinski definition) is 4. The summed E-state index contributed by atoms with van der Waals surface area (Å²) in [5, 5.41) is 0.704. The molecule has 0 radical (unpaired) electrons. The van der Waals surface area contributed by atoms with Crippen LogP contribution in [0, 0.1) is 0 Å². The highest BCUT2D eigenvalue weighted by Gasteiger charge is 2.21. The van der Waals surface area contributed by atoms with Crippen molar-refractivity contribution in [3.8, 4) is 5.75 Å². The smallest absolute Gasteiger partial charge is 0.236 e. The molecule has 6 heteroatoms. The summed E-state index contributed by atoms with van der Waals surface area (Å²) in [6, 6.07) is 14.2. The third-order valence-corrected chi connectivity index (χ3v) is 5.95. The molecule has 0 saturated carbocycles. The number of fused-ring (bicyclic) bond motifs is 1. The zero-order valence-corrected chi connectivity index (χ0v) is 17.7. The lowest BCUT2D eigenvalue weighted by atomic mass is 10.1. The van der Waals surface area contributed by atoms with Crippen LogP contribution in [0.3, 0.4) is 0 Å². The van der Waals surface area contributed by atoms with Crippen LogP contribution in [-0.4, -0.2) is 67.0 Å². The summed E-state index contributed by atoms with van der Waals surface area (Å²) in [5.74, 6) is 1.19. The molecule has 4 rings (SSSR count). The number of piperazine rings is 1. The topological polar surface area (TPSA) is 36.0 Å². The molecule has 29 heavy (non-hydrogen) atoms. The molecule has 2 aromatic rings. The molecular weight excluding hydrogens is 386 g/mol. The van der Waals surface area contributed by atoms with Crippen LogP contribution in [0.2, 0.25) is 5.02 Å². The van der Waals surface area contributed by atoms with E-state index in [4.69, 9.17) is 16.3 Å². The zero-order chi connectivity index (χ0) is 20.2. The fourth-order valence-corrected chi connectivity index (χ4v) is 4.22. The fourth-order valence-electron chi connectivity index (χ4n) is 4.01. The predicted octanol–water partition coefficient (Wildman–Crippen LogP) is 3.05. The SMILES string of the molecule is CN(Cc1cccc(Cl)c1)C(=O)CN1CCN(Cc2ccc3c(c2)CCO3)CC1. The second-order valence-electron chi connectivity index (χ2n) is 7.97. The molecule has 1 fully saturated rings. The van der Waals surface area contributed by atoms with Gasteiger partial charge in [-0.25, -0.2) is 0 Å². The first-order valence-electron chi connectivity index (χ1n) is 10.2. The number of hydrogen-bond donors (Lipinski definition) is 0. The van der Waals surface area contributed by atoms with Gasteiger partial charge in [0, 0.05) is 57.8 Å². The van der Waals surface area contributed by atoms with Crippen molar-refractivity contribution >= 4 is 17.5 Å². The molecule has 0 N–H and O–H groups in total. The van der Waals surface area contributed by atoms with E-state index < -0.39 is 0 Å². The Morgan fingerprint density at radius 1 is 1.07 bits per heavy atom. The lowest BCUT2D eigenvalue weighted by Crippen LogP contribution is -2.49. The lowest BCUT2D eigenvalue weighted by molar-refractivity contribution is -0.132. The number of rotatable bonds is 6. The third-order valence-electron chi connectivity index (χ3n) is 5.72. The average Bonchev–Trinajstić information content (AvgIpc) is 3.17. The van der Waals surface area contributed by atoms with Crippen LogP contribution in [0.15, 0.2) is 42.5 Å². The van der Waals surface area contributed by atoms with Gasteiger partial charge in [0.15, 0.2) is 0 Å². The van der Waals surface area contributed by atoms with E-state index in [1.165, 1.54) is 11.1 Å². The van der Waals surface area contributed by atoms with Crippen molar-refractivity contribution in [1.82, 2.24) is 14.7 Å². The number of nitrogens with zero attached hydrogens (tertiary/aromatic N) is 3. The maximum atomic E-state index is 12.6. The Bertz CT molecular complexity index is 865. The summed E-state index contributed by atoms with van der Waals surface area (Å²) in [5.41, 5.74) is 3.73. The molecule has 0 unspecified atom stereocenters. The van der Waals surface area contributed by atoms with Crippen LogP contribution in [0.25, 0.3) is 0 Å². The number of likely N-dealkylation sites (N-methyl/N-ethyl adjacent to an activating group) is 1. The maximum absolute atomic E-state index is 12.6. The molecule has 0 spiro atoms. The van der Waals surface area contributed by atoms with Crippen molar-refractivity contribution < 1.29 is 9.53 Å². The number of benzene rings is 2. The highest BCUT2D eigenvalue weighted by atomic mass is 35.5. The van der Waals surface area contributed by atoms with Gasteiger partial charge in [-0.1, -0.05) is 35.9 Å². The van der Waals surface area contributed by atoms with E-state index in [0.717, 1.165) is 57.1 Å². The van der Waals surface area contributed by atoms with Crippen molar-refractivity contribution in [3.05, 3.63) is 64.2 Å². The first-order chi connectivity index (χ1) is 14.1. The van der Waals surface area contributed by atoms with Crippen LogP contribution < -0.4 is 4.74 Å². The van der Waals surface area contributed by atoms with E-state index >= 15 is 0 Å². The monoisotopic (exact) mass is 413 g/mol. The minimum absolute atomic E-state index is 0.150. The molecule has 0 aliphatic carbocycles. The first kappa shape index (κ1) is 20.2. The van der Waals surface area contributed by atoms with Gasteiger partial charge in [0.1, 0.15) is 5.75 Å². The molecule has 0 aromatic heterocycles. The van der Waals surface area contributed by atoms with Gasteiger partial charge in [-0.05, 0) is 34.9 Å². The molecule has 0 atom stereocenters. The molecule has 5 nitrogen and oxygen atoms in total. The summed E-state index contributed by atoms with van der Waals surface area (Å²) in [6.45, 7) is 6.64. The molecule has 2 aliphatic heterocycles. The van der Waals surface area contributed by atoms with Gasteiger partial charge in [0.05, 0.1) is 13.2 Å². The van der Waals surface area contributed by atoms with E-state index in [1.807, 2.05) is 31.3 Å². The molecule has 0 bridgehead atoms. The number of carbonyl (C=O) groups excluding carboxylic acids is 1. The minimum Gasteiger partial charge on any atom is -0.493 e. The fraction of sp³-hybridized carbons (Fsp3) is 0.435. The molecule has 2 heterocycles. The summed E-state index contributed by atoms with van der Waals surface area (Å²) in [4.78, 5) is 19.1. The van der Waals surface area contributed by atoms with Crippen molar-refractivity contribution in [2.24, 2.45) is 0 Å². The van der Waals surface area contributed by atoms with Crippen LogP contribution in [0.1, 0.15) is 16.7 Å². The zero-order valence-electron chi connectivity index (χ0n) is 16.9. The van der Waals surface area contributed by atoms with Gasteiger partial charge in [-0.3, -0.25) is 14.6 Å². The molecule has 1 amide bonds. The van der Waals surface area contributed by atoms with Crippen molar-refractivity contribution in [3.63, 3.8) is 0 Å². The quantitative estimate of drug-likeness (QED) is 0.729. The number of ether oxygens (including phenoxy) is 1. The van der Waals surface area contributed by atoms with Crippen LogP contribution in [-0.2, 0) is 24.3 Å². The van der Waals surface area contributed by atoms with E-state index in [-0.39, 0.29) is 5.91 Å². The van der Waals surface area contributed by atoms with Crippen molar-refractivity contribution in [1.29, 1.82) is 0 Å². The standard InChI is InChI=1S/C23H28ClN3O2/c1-25(15-18-3-2-4-21(24)14-18)23(28)17-27-10-8-26(9-11-27)16-19-5-6-22-20(13-19)7-12-29-22/h2-6,13-14H,7-12,15-17H2,1H3. The van der Waals surface area contributed by atoms with E-state index in [1.54, 1.807) is 4.90 Å². The molecule has 154 valence electrons. The van der Waals surface area contributed by atoms with Crippen LogP contribution in [0.4, 0.5) is 0 Å². The van der Waals surface area contributed by atoms with Crippen molar-refractivity contribution in [2.75, 3.05) is 46.4 Å². The average molecular weight is 414 g/mol. The second kappa shape index (κ2) is 9.16. The van der Waals surface area contributed by atoms with Crippen molar-refractivity contribution in [2.45, 2.75) is 19.5 Å². The van der Waals surface area contributed by atoms with Crippen LogP contribution >= 0.6 is 11.6 Å². The Labute approximate surface area is 177 Å². The summed E-state index contributed by atoms with van der Waals surface area (Å²) < 4.78 is 5.59. The Morgan fingerprint density at radius 2 is 1.86 bits per heavy atom. The number of carbonyl (C=O) groups is 1. The van der Waals surface area contributed by atoms with E-state index in [9.17, 15) is 4.79 Å². The number of halogens is 1. The molecule has 1 saturated heterocycles. The summed E-state index contributed by atoms with van der Waals surface area (Å²) in [7, 11) is 1.86. The van der Waals surface area contributed by atoms with Gasteiger partial charge >= 0.3 is 0 Å². The second-order valence-corrected chi connectivity index (χ2v) is 8.41. The summed E-state index contributed by atoms with van der Waals surface area (Å²) in [6.07, 6.45) is 1.02. The van der Waals surface area contributed by atoms with E-state index in [0.29, 0.717) is 18.1 Å². The largest absolute Gasteiger partial charge is 0.493 e. The first-order valence-corrected chi connectivity index (χ1v) is 10.6. The Balaban J connectivity index is 1.22. The summed E-state index contributed by atoms with van der Waals surface area (Å²) >= 11 is 6.04. The van der Waals surface area contributed by atoms with Gasteiger partial charge < -0.3 is 9.64 Å². The van der Waals surface area contributed by atoms with Gasteiger partial charge in [-0.15, -0.1) is 0 Å². The lowest BCUT2D eigenvalue weighted by Gasteiger charge is -2.35.